The second-order valence-electron chi connectivity index (χ2n) is 5.42. The number of amides is 1. The first-order valence-corrected chi connectivity index (χ1v) is 7.53. The third-order valence-corrected chi connectivity index (χ3v) is 4.00. The molecule has 0 saturated heterocycles. The quantitative estimate of drug-likeness (QED) is 0.769. The number of nitrogens with two attached hydrogens (primary N) is 1. The highest BCUT2D eigenvalue weighted by Gasteiger charge is 2.33. The van der Waals surface area contributed by atoms with E-state index in [0.717, 1.165) is 5.56 Å². The van der Waals surface area contributed by atoms with Crippen LogP contribution in [0.5, 0.6) is 5.75 Å². The van der Waals surface area contributed by atoms with E-state index in [-0.39, 0.29) is 18.2 Å². The first-order valence-electron chi connectivity index (χ1n) is 7.53. The van der Waals surface area contributed by atoms with E-state index in [2.05, 4.69) is 10.1 Å². The minimum atomic E-state index is -4.36. The Morgan fingerprint density at radius 1 is 1.17 bits per heavy atom. The molecule has 7 heteroatoms. The summed E-state index contributed by atoms with van der Waals surface area (Å²) >= 11 is 0. The number of hydrogen-bond acceptors (Lipinski definition) is 3. The van der Waals surface area contributed by atoms with E-state index >= 15 is 0 Å². The van der Waals surface area contributed by atoms with Crippen LogP contribution in [0.1, 0.15) is 32.3 Å². The van der Waals surface area contributed by atoms with Crippen molar-refractivity contribution in [2.24, 2.45) is 11.1 Å². The van der Waals surface area contributed by atoms with Gasteiger partial charge in [-0.1, -0.05) is 26.0 Å². The minimum Gasteiger partial charge on any atom is -0.484 e. The molecular formula is C16H23F3N2O2. The van der Waals surface area contributed by atoms with Crippen LogP contribution in [0.2, 0.25) is 0 Å². The molecule has 0 aliphatic heterocycles. The summed E-state index contributed by atoms with van der Waals surface area (Å²) in [6, 6.07) is 6.13. The number of hydrogen-bond donors (Lipinski definition) is 2. The monoisotopic (exact) mass is 332 g/mol. The van der Waals surface area contributed by atoms with Crippen molar-refractivity contribution in [1.82, 2.24) is 5.32 Å². The Labute approximate surface area is 134 Å². The fourth-order valence-corrected chi connectivity index (χ4v) is 2.19. The molecule has 3 N–H and O–H groups in total. The van der Waals surface area contributed by atoms with Gasteiger partial charge in [0.1, 0.15) is 5.75 Å². The predicted molar refractivity (Wildman–Crippen MR) is 81.9 cm³/mol. The van der Waals surface area contributed by atoms with Gasteiger partial charge in [-0.2, -0.15) is 13.2 Å². The van der Waals surface area contributed by atoms with Gasteiger partial charge >= 0.3 is 6.18 Å². The summed E-state index contributed by atoms with van der Waals surface area (Å²) in [4.78, 5) is 12.3. The molecule has 0 aliphatic carbocycles. The van der Waals surface area contributed by atoms with E-state index in [1.807, 2.05) is 13.8 Å². The molecule has 0 bridgehead atoms. The molecule has 0 radical (unpaired) electrons. The van der Waals surface area contributed by atoms with Gasteiger partial charge in [0, 0.05) is 13.1 Å². The summed E-state index contributed by atoms with van der Waals surface area (Å²) in [6.45, 7) is 3.08. The van der Waals surface area contributed by atoms with E-state index < -0.39 is 18.2 Å². The predicted octanol–water partition coefficient (Wildman–Crippen LogP) is 3.01. The van der Waals surface area contributed by atoms with Crippen LogP contribution in [-0.4, -0.2) is 25.2 Å². The lowest BCUT2D eigenvalue weighted by atomic mass is 9.81. The molecule has 0 saturated carbocycles. The molecule has 23 heavy (non-hydrogen) atoms. The maximum atomic E-state index is 12.3. The highest BCUT2D eigenvalue weighted by atomic mass is 19.4. The van der Waals surface area contributed by atoms with Crippen LogP contribution in [0.15, 0.2) is 24.3 Å². The zero-order chi connectivity index (χ0) is 17.5. The molecule has 1 rings (SSSR count). The van der Waals surface area contributed by atoms with Crippen LogP contribution in [0.4, 0.5) is 13.2 Å². The van der Waals surface area contributed by atoms with Gasteiger partial charge in [0.25, 0.3) is 0 Å². The van der Waals surface area contributed by atoms with Gasteiger partial charge in [0.15, 0.2) is 6.61 Å². The molecule has 0 unspecified atom stereocenters. The number of benzene rings is 1. The Balaban J connectivity index is 2.57. The third-order valence-electron chi connectivity index (χ3n) is 4.00. The maximum absolute atomic E-state index is 12.3. The highest BCUT2D eigenvalue weighted by molar-refractivity contribution is 5.82. The number of nitrogens with one attached hydrogen (secondary N) is 1. The topological polar surface area (TPSA) is 64.4 Å². The fourth-order valence-electron chi connectivity index (χ4n) is 2.19. The summed E-state index contributed by atoms with van der Waals surface area (Å²) in [5.74, 6) is 0.0261. The molecule has 4 nitrogen and oxygen atoms in total. The van der Waals surface area contributed by atoms with E-state index in [1.165, 1.54) is 12.1 Å². The number of carbonyl (C=O) groups is 1. The van der Waals surface area contributed by atoms with Crippen LogP contribution in [-0.2, 0) is 11.3 Å². The summed E-state index contributed by atoms with van der Waals surface area (Å²) in [7, 11) is 0. The molecule has 0 aliphatic rings. The lowest BCUT2D eigenvalue weighted by molar-refractivity contribution is -0.153. The number of alkyl halides is 3. The molecule has 0 atom stereocenters. The van der Waals surface area contributed by atoms with Crippen molar-refractivity contribution >= 4 is 5.91 Å². The molecule has 0 heterocycles. The smallest absolute Gasteiger partial charge is 0.422 e. The number of carbonyl (C=O) groups excluding carboxylic acids is 1. The summed E-state index contributed by atoms with van der Waals surface area (Å²) in [5, 5.41) is 2.83. The average Bonchev–Trinajstić information content (AvgIpc) is 2.53. The van der Waals surface area contributed by atoms with Crippen molar-refractivity contribution in [3.05, 3.63) is 29.8 Å². The first kappa shape index (κ1) is 19.3. The molecule has 1 aromatic carbocycles. The normalized spacial score (nSPS) is 12.1. The average molecular weight is 332 g/mol. The van der Waals surface area contributed by atoms with Crippen LogP contribution in [0.25, 0.3) is 0 Å². The second-order valence-corrected chi connectivity index (χ2v) is 5.42. The summed E-state index contributed by atoms with van der Waals surface area (Å²) < 4.78 is 40.8. The van der Waals surface area contributed by atoms with Gasteiger partial charge < -0.3 is 15.8 Å². The number of ether oxygens (including phenoxy) is 1. The second kappa shape index (κ2) is 8.19. The van der Waals surface area contributed by atoms with Gasteiger partial charge in [-0.3, -0.25) is 4.79 Å². The minimum absolute atomic E-state index is 0.109. The standard InChI is InChI=1S/C16H23F3N2O2/c1-3-15(4-2,10-20)14(22)21-9-12-5-7-13(8-6-12)23-11-16(17,18)19/h5-8H,3-4,9-11,20H2,1-2H3,(H,21,22). The van der Waals surface area contributed by atoms with Crippen molar-refractivity contribution < 1.29 is 22.7 Å². The van der Waals surface area contributed by atoms with E-state index in [4.69, 9.17) is 5.73 Å². The molecule has 1 amide bonds. The third kappa shape index (κ3) is 5.74. The zero-order valence-corrected chi connectivity index (χ0v) is 13.4. The molecular weight excluding hydrogens is 309 g/mol. The lowest BCUT2D eigenvalue weighted by Crippen LogP contribution is -2.45. The first-order chi connectivity index (χ1) is 10.8. The lowest BCUT2D eigenvalue weighted by Gasteiger charge is -2.28. The largest absolute Gasteiger partial charge is 0.484 e. The van der Waals surface area contributed by atoms with Gasteiger partial charge in [0.05, 0.1) is 5.41 Å². The Kier molecular flexibility index (Phi) is 6.87. The van der Waals surface area contributed by atoms with Crippen molar-refractivity contribution in [3.8, 4) is 5.75 Å². The van der Waals surface area contributed by atoms with Gasteiger partial charge in [-0.05, 0) is 30.5 Å². The highest BCUT2D eigenvalue weighted by Crippen LogP contribution is 2.25. The molecule has 0 spiro atoms. The Hall–Kier alpha value is -1.76. The van der Waals surface area contributed by atoms with Crippen LogP contribution >= 0.6 is 0 Å². The molecule has 130 valence electrons. The number of rotatable bonds is 8. The Morgan fingerprint density at radius 3 is 2.17 bits per heavy atom. The number of halogens is 3. The van der Waals surface area contributed by atoms with Crippen molar-refractivity contribution in [2.45, 2.75) is 39.4 Å². The molecule has 0 aromatic heterocycles. The van der Waals surface area contributed by atoms with Crippen LogP contribution in [0, 0.1) is 5.41 Å². The van der Waals surface area contributed by atoms with Crippen molar-refractivity contribution in [1.29, 1.82) is 0 Å². The fraction of sp³-hybridized carbons (Fsp3) is 0.562. The van der Waals surface area contributed by atoms with Crippen LogP contribution in [0.3, 0.4) is 0 Å². The van der Waals surface area contributed by atoms with E-state index in [1.54, 1.807) is 12.1 Å². The molecule has 1 aromatic rings. The summed E-state index contributed by atoms with van der Waals surface area (Å²) in [5.41, 5.74) is 5.92. The van der Waals surface area contributed by atoms with Gasteiger partial charge in [0.2, 0.25) is 5.91 Å². The van der Waals surface area contributed by atoms with Gasteiger partial charge in [-0.15, -0.1) is 0 Å². The Bertz CT molecular complexity index is 489. The van der Waals surface area contributed by atoms with Crippen molar-refractivity contribution in [3.63, 3.8) is 0 Å². The van der Waals surface area contributed by atoms with E-state index in [9.17, 15) is 18.0 Å². The van der Waals surface area contributed by atoms with E-state index in [0.29, 0.717) is 19.4 Å². The zero-order valence-electron chi connectivity index (χ0n) is 13.4. The molecule has 0 fully saturated rings. The Morgan fingerprint density at radius 2 is 1.74 bits per heavy atom. The SMILES string of the molecule is CCC(CC)(CN)C(=O)NCc1ccc(OCC(F)(F)F)cc1. The summed E-state index contributed by atoms with van der Waals surface area (Å²) in [6.07, 6.45) is -3.06. The van der Waals surface area contributed by atoms with Crippen LogP contribution < -0.4 is 15.8 Å². The van der Waals surface area contributed by atoms with Gasteiger partial charge in [-0.25, -0.2) is 0 Å². The maximum Gasteiger partial charge on any atom is 0.422 e. The van der Waals surface area contributed by atoms with Crippen molar-refractivity contribution in [2.75, 3.05) is 13.2 Å².